The van der Waals surface area contributed by atoms with E-state index in [4.69, 9.17) is 38.4 Å². The van der Waals surface area contributed by atoms with Crippen molar-refractivity contribution >= 4 is 34.7 Å². The SMILES string of the molecule is Nc1cc(Cl)cc(C(=O)c2cc3c(cc2Cl)OCCO3)c1. The molecule has 4 nitrogen and oxygen atoms in total. The second-order valence-electron chi connectivity index (χ2n) is 4.58. The molecule has 0 saturated carbocycles. The summed E-state index contributed by atoms with van der Waals surface area (Å²) in [6.07, 6.45) is 0. The van der Waals surface area contributed by atoms with Gasteiger partial charge in [0, 0.05) is 27.9 Å². The molecule has 0 aliphatic carbocycles. The zero-order valence-corrected chi connectivity index (χ0v) is 12.4. The highest BCUT2D eigenvalue weighted by Crippen LogP contribution is 2.36. The molecule has 0 amide bonds. The topological polar surface area (TPSA) is 61.6 Å². The van der Waals surface area contributed by atoms with Crippen LogP contribution in [0.2, 0.25) is 10.0 Å². The Balaban J connectivity index is 2.05. The van der Waals surface area contributed by atoms with Crippen molar-refractivity contribution in [3.8, 4) is 11.5 Å². The van der Waals surface area contributed by atoms with Crippen molar-refractivity contribution in [2.24, 2.45) is 0 Å². The van der Waals surface area contributed by atoms with E-state index in [0.29, 0.717) is 51.6 Å². The van der Waals surface area contributed by atoms with E-state index < -0.39 is 0 Å². The second-order valence-corrected chi connectivity index (χ2v) is 5.42. The van der Waals surface area contributed by atoms with Gasteiger partial charge in [-0.25, -0.2) is 0 Å². The standard InChI is InChI=1S/C15H11Cl2NO3/c16-9-3-8(4-10(18)5-9)15(19)11-6-13-14(7-12(11)17)21-2-1-20-13/h3-7H,1-2,18H2. The van der Waals surface area contributed by atoms with Crippen LogP contribution < -0.4 is 15.2 Å². The van der Waals surface area contributed by atoms with Gasteiger partial charge in [-0.05, 0) is 24.3 Å². The fourth-order valence-electron chi connectivity index (χ4n) is 2.14. The van der Waals surface area contributed by atoms with Crippen molar-refractivity contribution in [1.29, 1.82) is 0 Å². The highest BCUT2D eigenvalue weighted by molar-refractivity contribution is 6.35. The molecular formula is C15H11Cl2NO3. The zero-order valence-electron chi connectivity index (χ0n) is 10.9. The third-order valence-corrected chi connectivity index (χ3v) is 3.59. The molecule has 2 N–H and O–H groups in total. The molecule has 0 bridgehead atoms. The van der Waals surface area contributed by atoms with Crippen LogP contribution in [0.4, 0.5) is 5.69 Å². The maximum atomic E-state index is 12.6. The van der Waals surface area contributed by atoms with Gasteiger partial charge in [0.25, 0.3) is 0 Å². The number of hydrogen-bond acceptors (Lipinski definition) is 4. The van der Waals surface area contributed by atoms with E-state index in [9.17, 15) is 4.79 Å². The van der Waals surface area contributed by atoms with Crippen LogP contribution >= 0.6 is 23.2 Å². The number of fused-ring (bicyclic) bond motifs is 1. The van der Waals surface area contributed by atoms with Crippen LogP contribution in [0.25, 0.3) is 0 Å². The minimum absolute atomic E-state index is 0.272. The first-order valence-corrected chi connectivity index (χ1v) is 7.00. The lowest BCUT2D eigenvalue weighted by molar-refractivity contribution is 0.103. The maximum absolute atomic E-state index is 12.6. The summed E-state index contributed by atoms with van der Waals surface area (Å²) in [5.74, 6) is 0.767. The normalized spacial score (nSPS) is 13.0. The molecule has 0 radical (unpaired) electrons. The molecule has 0 atom stereocenters. The summed E-state index contributed by atoms with van der Waals surface area (Å²) in [4.78, 5) is 12.6. The smallest absolute Gasteiger partial charge is 0.194 e. The number of hydrogen-bond donors (Lipinski definition) is 1. The van der Waals surface area contributed by atoms with E-state index in [1.54, 1.807) is 30.3 Å². The van der Waals surface area contributed by atoms with Gasteiger partial charge in [-0.15, -0.1) is 0 Å². The molecule has 0 unspecified atom stereocenters. The van der Waals surface area contributed by atoms with E-state index in [2.05, 4.69) is 0 Å². The largest absolute Gasteiger partial charge is 0.486 e. The number of halogens is 2. The monoisotopic (exact) mass is 323 g/mol. The number of anilines is 1. The second kappa shape index (κ2) is 5.47. The van der Waals surface area contributed by atoms with Gasteiger partial charge < -0.3 is 15.2 Å². The summed E-state index contributed by atoms with van der Waals surface area (Å²) < 4.78 is 10.9. The number of ether oxygens (including phenoxy) is 2. The molecule has 1 heterocycles. The third kappa shape index (κ3) is 2.77. The van der Waals surface area contributed by atoms with Crippen LogP contribution in [0, 0.1) is 0 Å². The number of carbonyl (C=O) groups excluding carboxylic acids is 1. The summed E-state index contributed by atoms with van der Waals surface area (Å²) >= 11 is 12.1. The minimum atomic E-state index is -0.272. The van der Waals surface area contributed by atoms with Crippen LogP contribution in [-0.4, -0.2) is 19.0 Å². The van der Waals surface area contributed by atoms with Crippen molar-refractivity contribution in [3.05, 3.63) is 51.5 Å². The Kier molecular flexibility index (Phi) is 3.66. The first-order chi connectivity index (χ1) is 10.0. The Hall–Kier alpha value is -1.91. The number of nitrogens with two attached hydrogens (primary N) is 1. The summed E-state index contributed by atoms with van der Waals surface area (Å²) in [6.45, 7) is 0.897. The predicted molar refractivity (Wildman–Crippen MR) is 81.7 cm³/mol. The van der Waals surface area contributed by atoms with Crippen LogP contribution in [0.15, 0.2) is 30.3 Å². The van der Waals surface area contributed by atoms with Crippen molar-refractivity contribution in [3.63, 3.8) is 0 Å². The molecular weight excluding hydrogens is 313 g/mol. The quantitative estimate of drug-likeness (QED) is 0.677. The summed E-state index contributed by atoms with van der Waals surface area (Å²) in [6, 6.07) is 7.84. The van der Waals surface area contributed by atoms with E-state index in [1.807, 2.05) is 0 Å². The molecule has 1 aliphatic rings. The Bertz CT molecular complexity index is 711. The average Bonchev–Trinajstić information content (AvgIpc) is 2.44. The maximum Gasteiger partial charge on any atom is 0.194 e. The summed E-state index contributed by atoms with van der Waals surface area (Å²) in [5.41, 5.74) is 6.82. The summed E-state index contributed by atoms with van der Waals surface area (Å²) in [5, 5.41) is 0.690. The highest BCUT2D eigenvalue weighted by Gasteiger charge is 2.20. The Morgan fingerprint density at radius 2 is 1.67 bits per heavy atom. The van der Waals surface area contributed by atoms with Crippen LogP contribution in [0.5, 0.6) is 11.5 Å². The lowest BCUT2D eigenvalue weighted by atomic mass is 10.0. The fraction of sp³-hybridized carbons (Fsp3) is 0.133. The first-order valence-electron chi connectivity index (χ1n) is 6.24. The molecule has 2 aromatic rings. The van der Waals surface area contributed by atoms with Crippen molar-refractivity contribution in [2.45, 2.75) is 0 Å². The molecule has 1 aliphatic heterocycles. The van der Waals surface area contributed by atoms with Gasteiger partial charge in [0.05, 0.1) is 5.02 Å². The van der Waals surface area contributed by atoms with Gasteiger partial charge in [0.1, 0.15) is 13.2 Å². The van der Waals surface area contributed by atoms with Gasteiger partial charge in [0.15, 0.2) is 17.3 Å². The van der Waals surface area contributed by atoms with Crippen LogP contribution in [0.1, 0.15) is 15.9 Å². The van der Waals surface area contributed by atoms with Crippen LogP contribution in [-0.2, 0) is 0 Å². The minimum Gasteiger partial charge on any atom is -0.486 e. The average molecular weight is 324 g/mol. The number of nitrogen functional groups attached to an aromatic ring is 1. The Labute approximate surface area is 131 Å². The number of benzene rings is 2. The molecule has 108 valence electrons. The Morgan fingerprint density at radius 3 is 2.33 bits per heavy atom. The van der Waals surface area contributed by atoms with E-state index in [-0.39, 0.29) is 5.78 Å². The predicted octanol–water partition coefficient (Wildman–Crippen LogP) is 3.58. The van der Waals surface area contributed by atoms with Gasteiger partial charge >= 0.3 is 0 Å². The Morgan fingerprint density at radius 1 is 1.00 bits per heavy atom. The van der Waals surface area contributed by atoms with Crippen molar-refractivity contribution < 1.29 is 14.3 Å². The number of rotatable bonds is 2. The first kappa shape index (κ1) is 14.0. The molecule has 0 aromatic heterocycles. The lowest BCUT2D eigenvalue weighted by Gasteiger charge is -2.19. The van der Waals surface area contributed by atoms with Crippen molar-refractivity contribution in [1.82, 2.24) is 0 Å². The van der Waals surface area contributed by atoms with Gasteiger partial charge in [-0.3, -0.25) is 4.79 Å². The van der Waals surface area contributed by atoms with Gasteiger partial charge in [0.2, 0.25) is 0 Å². The molecule has 3 rings (SSSR count). The van der Waals surface area contributed by atoms with E-state index >= 15 is 0 Å². The molecule has 21 heavy (non-hydrogen) atoms. The zero-order chi connectivity index (χ0) is 15.0. The lowest BCUT2D eigenvalue weighted by Crippen LogP contribution is -2.16. The van der Waals surface area contributed by atoms with Gasteiger partial charge in [-0.2, -0.15) is 0 Å². The van der Waals surface area contributed by atoms with E-state index in [1.165, 1.54) is 0 Å². The number of ketones is 1. The van der Waals surface area contributed by atoms with E-state index in [0.717, 1.165) is 0 Å². The van der Waals surface area contributed by atoms with Gasteiger partial charge in [-0.1, -0.05) is 23.2 Å². The molecule has 2 aromatic carbocycles. The third-order valence-electron chi connectivity index (χ3n) is 3.06. The summed E-state index contributed by atoms with van der Waals surface area (Å²) in [7, 11) is 0. The fourth-order valence-corrected chi connectivity index (χ4v) is 2.62. The number of carbonyl (C=O) groups is 1. The van der Waals surface area contributed by atoms with Crippen molar-refractivity contribution in [2.75, 3.05) is 18.9 Å². The highest BCUT2D eigenvalue weighted by atomic mass is 35.5. The van der Waals surface area contributed by atoms with Crippen LogP contribution in [0.3, 0.4) is 0 Å². The molecule has 0 spiro atoms. The molecule has 6 heteroatoms. The molecule has 0 saturated heterocycles. The molecule has 0 fully saturated rings.